The van der Waals surface area contributed by atoms with E-state index in [-0.39, 0.29) is 12.0 Å². The molecule has 0 aromatic carbocycles. The Morgan fingerprint density at radius 2 is 1.89 bits per heavy atom. The second-order valence-electron chi connectivity index (χ2n) is 5.51. The highest BCUT2D eigenvalue weighted by atomic mass is 19.4. The third kappa shape index (κ3) is 3.86. The van der Waals surface area contributed by atoms with Crippen molar-refractivity contribution in [3.63, 3.8) is 0 Å². The maximum Gasteiger partial charge on any atom is 0.399 e. The molecule has 1 rings (SSSR count). The maximum absolute atomic E-state index is 12.7. The first-order valence-corrected chi connectivity index (χ1v) is 6.31. The van der Waals surface area contributed by atoms with E-state index in [0.717, 1.165) is 19.3 Å². The molecule has 6 heteroatoms. The van der Waals surface area contributed by atoms with Crippen LogP contribution in [-0.4, -0.2) is 36.5 Å². The molecule has 3 N–H and O–H groups in total. The number of nitrogens with one attached hydrogen (secondary N) is 1. The molecule has 0 spiro atoms. The molecule has 1 aliphatic rings. The average molecular weight is 265 g/mol. The van der Waals surface area contributed by atoms with Gasteiger partial charge >= 0.3 is 6.18 Å². The monoisotopic (exact) mass is 265 g/mol. The Kier molecular flexibility index (Phi) is 4.64. The van der Waals surface area contributed by atoms with Crippen LogP contribution in [0, 0.1) is 16.7 Å². The number of piperidine rings is 1. The molecule has 0 aromatic heterocycles. The van der Waals surface area contributed by atoms with Crippen molar-refractivity contribution in [1.82, 2.24) is 4.90 Å². The largest absolute Gasteiger partial charge is 0.399 e. The smallest absolute Gasteiger partial charge is 0.387 e. The number of nitrogens with zero attached hydrogens (tertiary/aromatic N) is 1. The summed E-state index contributed by atoms with van der Waals surface area (Å²) in [5.74, 6) is -2.62. The molecule has 0 aromatic rings. The van der Waals surface area contributed by atoms with Gasteiger partial charge in [0.25, 0.3) is 0 Å². The van der Waals surface area contributed by atoms with Gasteiger partial charge in [-0.25, -0.2) is 0 Å². The molecule has 0 bridgehead atoms. The van der Waals surface area contributed by atoms with Crippen molar-refractivity contribution >= 4 is 5.84 Å². The quantitative estimate of drug-likeness (QED) is 0.606. The Hall–Kier alpha value is -0.780. The highest BCUT2D eigenvalue weighted by Gasteiger charge is 2.43. The lowest BCUT2D eigenvalue weighted by molar-refractivity contribution is -0.161. The van der Waals surface area contributed by atoms with Crippen molar-refractivity contribution in [3.8, 4) is 0 Å². The predicted molar refractivity (Wildman–Crippen MR) is 65.5 cm³/mol. The number of alkyl halides is 3. The molecule has 1 unspecified atom stereocenters. The van der Waals surface area contributed by atoms with Gasteiger partial charge in [0.15, 0.2) is 0 Å². The lowest BCUT2D eigenvalue weighted by Crippen LogP contribution is -2.47. The zero-order valence-electron chi connectivity index (χ0n) is 11.0. The Balaban J connectivity index is 2.56. The van der Waals surface area contributed by atoms with Crippen LogP contribution in [0.4, 0.5) is 13.2 Å². The van der Waals surface area contributed by atoms with Gasteiger partial charge in [0.1, 0.15) is 11.8 Å². The summed E-state index contributed by atoms with van der Waals surface area (Å²) in [4.78, 5) is 1.77. The number of nitrogens with two attached hydrogens (primary N) is 1. The first kappa shape index (κ1) is 15.3. The van der Waals surface area contributed by atoms with Crippen molar-refractivity contribution in [3.05, 3.63) is 0 Å². The number of hydrogen-bond acceptors (Lipinski definition) is 2. The molecule has 0 radical (unpaired) electrons. The minimum Gasteiger partial charge on any atom is -0.387 e. The Morgan fingerprint density at radius 3 is 2.22 bits per heavy atom. The number of likely N-dealkylation sites (tertiary alicyclic amines) is 1. The van der Waals surface area contributed by atoms with Crippen LogP contribution in [0.3, 0.4) is 0 Å². The molecule has 106 valence electrons. The summed E-state index contributed by atoms with van der Waals surface area (Å²) in [5, 5.41) is 7.07. The average Bonchev–Trinajstić information content (AvgIpc) is 2.26. The van der Waals surface area contributed by atoms with Crippen molar-refractivity contribution in [2.45, 2.75) is 39.3 Å². The molecule has 0 saturated carbocycles. The third-order valence-corrected chi connectivity index (χ3v) is 4.13. The summed E-state index contributed by atoms with van der Waals surface area (Å²) in [6.45, 7) is 5.42. The van der Waals surface area contributed by atoms with Gasteiger partial charge in [0.05, 0.1) is 0 Å². The number of amidine groups is 1. The zero-order valence-corrected chi connectivity index (χ0v) is 11.0. The van der Waals surface area contributed by atoms with E-state index in [1.807, 2.05) is 0 Å². The van der Waals surface area contributed by atoms with Crippen LogP contribution in [0.2, 0.25) is 0 Å². The van der Waals surface area contributed by atoms with Crippen LogP contribution in [0.1, 0.15) is 33.1 Å². The van der Waals surface area contributed by atoms with Crippen LogP contribution in [0.25, 0.3) is 0 Å². The van der Waals surface area contributed by atoms with Crippen molar-refractivity contribution in [2.75, 3.05) is 19.6 Å². The zero-order chi connectivity index (χ0) is 14.0. The molecule has 1 aliphatic heterocycles. The molecule has 0 aliphatic carbocycles. The van der Waals surface area contributed by atoms with Crippen LogP contribution in [0.15, 0.2) is 0 Å². The molecule has 0 amide bonds. The summed E-state index contributed by atoms with van der Waals surface area (Å²) < 4.78 is 38.1. The SMILES string of the molecule is CCC1(C)CCN(CC(C(=N)N)C(F)(F)F)CC1. The van der Waals surface area contributed by atoms with E-state index in [9.17, 15) is 13.2 Å². The van der Waals surface area contributed by atoms with Crippen LogP contribution >= 0.6 is 0 Å². The van der Waals surface area contributed by atoms with Gasteiger partial charge in [-0.15, -0.1) is 0 Å². The summed E-state index contributed by atoms with van der Waals surface area (Å²) >= 11 is 0. The van der Waals surface area contributed by atoms with Gasteiger partial charge in [-0.05, 0) is 31.3 Å². The van der Waals surface area contributed by atoms with Crippen LogP contribution in [-0.2, 0) is 0 Å². The summed E-state index contributed by atoms with van der Waals surface area (Å²) in [6.07, 6.45) is -1.55. The number of rotatable bonds is 4. The topological polar surface area (TPSA) is 53.1 Å². The third-order valence-electron chi connectivity index (χ3n) is 4.13. The summed E-state index contributed by atoms with van der Waals surface area (Å²) in [7, 11) is 0. The maximum atomic E-state index is 12.7. The second-order valence-corrected chi connectivity index (χ2v) is 5.51. The minimum absolute atomic E-state index is 0.182. The summed E-state index contributed by atoms with van der Waals surface area (Å²) in [6, 6.07) is 0. The fourth-order valence-corrected chi connectivity index (χ4v) is 2.27. The van der Waals surface area contributed by atoms with E-state index in [2.05, 4.69) is 13.8 Å². The van der Waals surface area contributed by atoms with Crippen LogP contribution < -0.4 is 5.73 Å². The van der Waals surface area contributed by atoms with Crippen molar-refractivity contribution < 1.29 is 13.2 Å². The molecular formula is C12H22F3N3. The molecule has 1 atom stereocenters. The van der Waals surface area contributed by atoms with Crippen molar-refractivity contribution in [1.29, 1.82) is 5.41 Å². The molecule has 1 saturated heterocycles. The molecule has 1 fully saturated rings. The number of hydrogen-bond donors (Lipinski definition) is 2. The van der Waals surface area contributed by atoms with Crippen molar-refractivity contribution in [2.24, 2.45) is 17.1 Å². The van der Waals surface area contributed by atoms with E-state index in [4.69, 9.17) is 11.1 Å². The molecule has 3 nitrogen and oxygen atoms in total. The number of halogens is 3. The Morgan fingerprint density at radius 1 is 1.39 bits per heavy atom. The first-order chi connectivity index (χ1) is 8.18. The van der Waals surface area contributed by atoms with E-state index in [0.29, 0.717) is 13.1 Å². The van der Waals surface area contributed by atoms with E-state index < -0.39 is 17.9 Å². The van der Waals surface area contributed by atoms with Gasteiger partial charge in [-0.1, -0.05) is 20.3 Å². The first-order valence-electron chi connectivity index (χ1n) is 6.31. The Labute approximate surface area is 106 Å². The second kappa shape index (κ2) is 5.47. The standard InChI is InChI=1S/C12H22F3N3/c1-3-11(2)4-6-18(7-5-11)8-9(10(16)17)12(13,14)15/h9H,3-8H2,1-2H3,(H3,16,17). The lowest BCUT2D eigenvalue weighted by Gasteiger charge is -2.40. The molecular weight excluding hydrogens is 243 g/mol. The molecule has 1 heterocycles. The fourth-order valence-electron chi connectivity index (χ4n) is 2.27. The van der Waals surface area contributed by atoms with E-state index >= 15 is 0 Å². The van der Waals surface area contributed by atoms with Gasteiger partial charge in [-0.2, -0.15) is 13.2 Å². The minimum atomic E-state index is -4.42. The fraction of sp³-hybridized carbons (Fsp3) is 0.917. The normalized spacial score (nSPS) is 22.7. The molecule has 18 heavy (non-hydrogen) atoms. The van der Waals surface area contributed by atoms with Gasteiger partial charge in [0.2, 0.25) is 0 Å². The highest BCUT2D eigenvalue weighted by molar-refractivity contribution is 5.80. The lowest BCUT2D eigenvalue weighted by atomic mass is 9.78. The van der Waals surface area contributed by atoms with Crippen LogP contribution in [0.5, 0.6) is 0 Å². The summed E-state index contributed by atoms with van der Waals surface area (Å²) in [5.41, 5.74) is 5.31. The van der Waals surface area contributed by atoms with E-state index in [1.165, 1.54) is 0 Å². The van der Waals surface area contributed by atoms with Gasteiger partial charge < -0.3 is 10.6 Å². The predicted octanol–water partition coefficient (Wildman–Crippen LogP) is 2.61. The highest BCUT2D eigenvalue weighted by Crippen LogP contribution is 2.35. The van der Waals surface area contributed by atoms with Gasteiger partial charge in [-0.3, -0.25) is 5.41 Å². The Bertz CT molecular complexity index is 293. The van der Waals surface area contributed by atoms with E-state index in [1.54, 1.807) is 4.90 Å². The van der Waals surface area contributed by atoms with Gasteiger partial charge in [0, 0.05) is 6.54 Å².